The van der Waals surface area contributed by atoms with E-state index in [0.29, 0.717) is 18.1 Å². The highest BCUT2D eigenvalue weighted by Gasteiger charge is 2.37. The Morgan fingerprint density at radius 3 is 2.57 bits per heavy atom. The lowest BCUT2D eigenvalue weighted by Crippen LogP contribution is -2.41. The second-order valence-electron chi connectivity index (χ2n) is 8.54. The number of aliphatic imine (C=N–C) groups is 1. The molecule has 3 unspecified atom stereocenters. The number of sulfone groups is 1. The standard InChI is InChI=1S/C21H31N3O2S.HI/c1-16(18-5-3-2-4-6-18)23-21(22-13-17-10-12-27(25,26)15-17)24-11-9-20(14-24)19-7-8-19;/h2-6,16-17,19-20H,7-15H2,1H3,(H,22,23);1H. The maximum atomic E-state index is 11.8. The number of halogens is 1. The number of likely N-dealkylation sites (tertiary alicyclic amines) is 1. The van der Waals surface area contributed by atoms with Gasteiger partial charge in [0.25, 0.3) is 0 Å². The molecule has 3 atom stereocenters. The predicted octanol–water partition coefficient (Wildman–Crippen LogP) is 3.48. The Bertz CT molecular complexity index is 780. The molecule has 156 valence electrons. The summed E-state index contributed by atoms with van der Waals surface area (Å²) in [6, 6.07) is 10.6. The van der Waals surface area contributed by atoms with Gasteiger partial charge >= 0.3 is 0 Å². The molecule has 28 heavy (non-hydrogen) atoms. The molecule has 2 heterocycles. The van der Waals surface area contributed by atoms with Crippen LogP contribution in [0.1, 0.15) is 44.2 Å². The number of benzene rings is 1. The van der Waals surface area contributed by atoms with Crippen LogP contribution in [0.15, 0.2) is 35.3 Å². The fourth-order valence-electron chi connectivity index (χ4n) is 4.42. The molecule has 0 spiro atoms. The van der Waals surface area contributed by atoms with E-state index in [1.165, 1.54) is 24.8 Å². The highest BCUT2D eigenvalue weighted by molar-refractivity contribution is 14.0. The van der Waals surface area contributed by atoms with E-state index in [9.17, 15) is 8.42 Å². The van der Waals surface area contributed by atoms with Crippen molar-refractivity contribution in [2.75, 3.05) is 31.1 Å². The molecular formula is C21H32IN3O2S. The van der Waals surface area contributed by atoms with E-state index >= 15 is 0 Å². The Kier molecular flexibility index (Phi) is 7.28. The molecule has 1 N–H and O–H groups in total. The molecule has 5 nitrogen and oxygen atoms in total. The first kappa shape index (κ1) is 21.9. The first-order valence-corrected chi connectivity index (χ1v) is 12.1. The highest BCUT2D eigenvalue weighted by atomic mass is 127. The summed E-state index contributed by atoms with van der Waals surface area (Å²) in [5.41, 5.74) is 1.24. The van der Waals surface area contributed by atoms with Crippen LogP contribution in [0, 0.1) is 17.8 Å². The van der Waals surface area contributed by atoms with Gasteiger partial charge in [0, 0.05) is 19.6 Å². The molecule has 3 fully saturated rings. The Balaban J connectivity index is 0.00000225. The SMILES string of the molecule is CC(NC(=NCC1CCS(=O)(=O)C1)N1CCC(C2CC2)C1)c1ccccc1.I. The molecule has 1 aliphatic carbocycles. The molecule has 0 radical (unpaired) electrons. The van der Waals surface area contributed by atoms with E-state index in [4.69, 9.17) is 4.99 Å². The fraction of sp³-hybridized carbons (Fsp3) is 0.667. The summed E-state index contributed by atoms with van der Waals surface area (Å²) in [4.78, 5) is 7.29. The Hall–Kier alpha value is -0.830. The van der Waals surface area contributed by atoms with Crippen molar-refractivity contribution in [3.63, 3.8) is 0 Å². The van der Waals surface area contributed by atoms with E-state index < -0.39 is 9.84 Å². The van der Waals surface area contributed by atoms with E-state index in [-0.39, 0.29) is 35.9 Å². The molecule has 1 saturated carbocycles. The van der Waals surface area contributed by atoms with Gasteiger partial charge in [-0.3, -0.25) is 4.99 Å². The first-order chi connectivity index (χ1) is 13.0. The molecule has 0 bridgehead atoms. The summed E-state index contributed by atoms with van der Waals surface area (Å²) in [5.74, 6) is 3.46. The third-order valence-corrected chi connectivity index (χ3v) is 8.12. The van der Waals surface area contributed by atoms with E-state index in [1.807, 2.05) is 6.07 Å². The minimum absolute atomic E-state index is 0. The number of nitrogens with one attached hydrogen (secondary N) is 1. The van der Waals surface area contributed by atoms with Crippen LogP contribution in [0.5, 0.6) is 0 Å². The molecule has 1 aromatic carbocycles. The monoisotopic (exact) mass is 517 g/mol. The summed E-state index contributed by atoms with van der Waals surface area (Å²) in [6.45, 7) is 4.91. The first-order valence-electron chi connectivity index (χ1n) is 10.3. The quantitative estimate of drug-likeness (QED) is 0.369. The number of hydrogen-bond donors (Lipinski definition) is 1. The lowest BCUT2D eigenvalue weighted by atomic mass is 10.0. The minimum atomic E-state index is -2.84. The zero-order valence-electron chi connectivity index (χ0n) is 16.6. The van der Waals surface area contributed by atoms with Gasteiger partial charge in [-0.2, -0.15) is 0 Å². The van der Waals surface area contributed by atoms with Crippen LogP contribution < -0.4 is 5.32 Å². The topological polar surface area (TPSA) is 61.8 Å². The predicted molar refractivity (Wildman–Crippen MR) is 125 cm³/mol. The lowest BCUT2D eigenvalue weighted by molar-refractivity contribution is 0.427. The van der Waals surface area contributed by atoms with Crippen molar-refractivity contribution in [1.82, 2.24) is 10.2 Å². The van der Waals surface area contributed by atoms with Gasteiger partial charge in [-0.25, -0.2) is 8.42 Å². The van der Waals surface area contributed by atoms with E-state index in [2.05, 4.69) is 41.4 Å². The van der Waals surface area contributed by atoms with Crippen LogP contribution in [0.25, 0.3) is 0 Å². The molecule has 1 aromatic rings. The Morgan fingerprint density at radius 2 is 1.93 bits per heavy atom. The summed E-state index contributed by atoms with van der Waals surface area (Å²) >= 11 is 0. The van der Waals surface area contributed by atoms with Crippen LogP contribution in [-0.2, 0) is 9.84 Å². The van der Waals surface area contributed by atoms with Gasteiger partial charge in [-0.15, -0.1) is 24.0 Å². The summed E-state index contributed by atoms with van der Waals surface area (Å²) in [5, 5.41) is 3.63. The van der Waals surface area contributed by atoms with Gasteiger partial charge in [-0.05, 0) is 55.9 Å². The number of rotatable bonds is 5. The van der Waals surface area contributed by atoms with Crippen molar-refractivity contribution in [2.45, 2.75) is 38.6 Å². The molecule has 0 amide bonds. The number of guanidine groups is 1. The fourth-order valence-corrected chi connectivity index (χ4v) is 6.27. The van der Waals surface area contributed by atoms with Crippen molar-refractivity contribution in [1.29, 1.82) is 0 Å². The van der Waals surface area contributed by atoms with Crippen LogP contribution in [0.2, 0.25) is 0 Å². The maximum Gasteiger partial charge on any atom is 0.194 e. The average molecular weight is 517 g/mol. The van der Waals surface area contributed by atoms with E-state index in [0.717, 1.165) is 37.3 Å². The molecule has 3 aliphatic rings. The molecule has 4 rings (SSSR count). The van der Waals surface area contributed by atoms with Crippen LogP contribution >= 0.6 is 24.0 Å². The van der Waals surface area contributed by atoms with Crippen LogP contribution in [0.4, 0.5) is 0 Å². The van der Waals surface area contributed by atoms with Crippen LogP contribution in [0.3, 0.4) is 0 Å². The van der Waals surface area contributed by atoms with Crippen LogP contribution in [-0.4, -0.2) is 50.4 Å². The molecule has 2 saturated heterocycles. The van der Waals surface area contributed by atoms with Crippen molar-refractivity contribution in [3.05, 3.63) is 35.9 Å². The molecule has 2 aliphatic heterocycles. The number of nitrogens with zero attached hydrogens (tertiary/aromatic N) is 2. The Morgan fingerprint density at radius 1 is 1.18 bits per heavy atom. The normalized spacial score (nSPS) is 28.0. The van der Waals surface area contributed by atoms with Gasteiger partial charge in [0.2, 0.25) is 0 Å². The zero-order valence-corrected chi connectivity index (χ0v) is 19.7. The van der Waals surface area contributed by atoms with Crippen molar-refractivity contribution in [2.24, 2.45) is 22.7 Å². The summed E-state index contributed by atoms with van der Waals surface area (Å²) < 4.78 is 23.5. The third kappa shape index (κ3) is 5.62. The molecule has 7 heteroatoms. The number of hydrogen-bond acceptors (Lipinski definition) is 3. The second kappa shape index (κ2) is 9.32. The van der Waals surface area contributed by atoms with Gasteiger partial charge in [0.05, 0.1) is 17.5 Å². The summed E-state index contributed by atoms with van der Waals surface area (Å²) in [6.07, 6.45) is 4.78. The van der Waals surface area contributed by atoms with Crippen molar-refractivity contribution < 1.29 is 8.42 Å². The molecule has 0 aromatic heterocycles. The van der Waals surface area contributed by atoms with Gasteiger partial charge < -0.3 is 10.2 Å². The Labute approximate surface area is 186 Å². The minimum Gasteiger partial charge on any atom is -0.350 e. The zero-order chi connectivity index (χ0) is 18.9. The van der Waals surface area contributed by atoms with Crippen molar-refractivity contribution in [3.8, 4) is 0 Å². The molecular weight excluding hydrogens is 485 g/mol. The summed E-state index contributed by atoms with van der Waals surface area (Å²) in [7, 11) is -2.84. The van der Waals surface area contributed by atoms with Gasteiger partial charge in [0.1, 0.15) is 0 Å². The highest BCUT2D eigenvalue weighted by Crippen LogP contribution is 2.41. The largest absolute Gasteiger partial charge is 0.350 e. The second-order valence-corrected chi connectivity index (χ2v) is 10.8. The average Bonchev–Trinajstić information content (AvgIpc) is 3.29. The van der Waals surface area contributed by atoms with Crippen molar-refractivity contribution >= 4 is 39.8 Å². The van der Waals surface area contributed by atoms with E-state index in [1.54, 1.807) is 0 Å². The maximum absolute atomic E-state index is 11.8. The van der Waals surface area contributed by atoms with Gasteiger partial charge in [-0.1, -0.05) is 30.3 Å². The lowest BCUT2D eigenvalue weighted by Gasteiger charge is -2.26. The smallest absolute Gasteiger partial charge is 0.194 e. The third-order valence-electron chi connectivity index (χ3n) is 6.28. The van der Waals surface area contributed by atoms with Gasteiger partial charge in [0.15, 0.2) is 15.8 Å².